The van der Waals surface area contributed by atoms with Gasteiger partial charge in [-0.05, 0) is 25.0 Å². The lowest BCUT2D eigenvalue weighted by molar-refractivity contribution is -0.125. The second-order valence-electron chi connectivity index (χ2n) is 7.06. The number of hydrogen-bond donors (Lipinski definition) is 0. The summed E-state index contributed by atoms with van der Waals surface area (Å²) >= 11 is 0. The van der Waals surface area contributed by atoms with Gasteiger partial charge in [0, 0.05) is 23.9 Å². The molecule has 0 amide bonds. The van der Waals surface area contributed by atoms with Crippen molar-refractivity contribution in [2.75, 3.05) is 19.6 Å². The van der Waals surface area contributed by atoms with Gasteiger partial charge in [0.1, 0.15) is 6.07 Å². The summed E-state index contributed by atoms with van der Waals surface area (Å²) in [5.41, 5.74) is 0.975. The van der Waals surface area contributed by atoms with E-state index in [1.807, 2.05) is 32.1 Å². The number of hydrogen-bond acceptors (Lipinski definition) is 3. The average molecular weight is 296 g/mol. The molecule has 2 aliphatic rings. The molecule has 1 spiro atoms. The van der Waals surface area contributed by atoms with E-state index >= 15 is 0 Å². The lowest BCUT2D eigenvalue weighted by atomic mass is 9.64. The Bertz CT molecular complexity index is 603. The minimum Gasteiger partial charge on any atom is -0.298 e. The van der Waals surface area contributed by atoms with Gasteiger partial charge in [-0.2, -0.15) is 5.26 Å². The molecule has 3 heteroatoms. The van der Waals surface area contributed by atoms with E-state index in [1.165, 1.54) is 0 Å². The van der Waals surface area contributed by atoms with Gasteiger partial charge < -0.3 is 0 Å². The highest BCUT2D eigenvalue weighted by molar-refractivity contribution is 6.03. The van der Waals surface area contributed by atoms with Gasteiger partial charge in [-0.25, -0.2) is 0 Å². The van der Waals surface area contributed by atoms with Crippen molar-refractivity contribution < 1.29 is 4.79 Å². The molecule has 3 nitrogen and oxygen atoms in total. The molecular weight excluding hydrogens is 272 g/mol. The molecule has 1 atom stereocenters. The molecule has 0 bridgehead atoms. The van der Waals surface area contributed by atoms with Crippen molar-refractivity contribution in [1.82, 2.24) is 4.90 Å². The maximum Gasteiger partial charge on any atom is 0.178 e. The van der Waals surface area contributed by atoms with Crippen molar-refractivity contribution >= 4 is 5.78 Å². The number of rotatable bonds is 4. The van der Waals surface area contributed by atoms with Crippen LogP contribution in [0.3, 0.4) is 0 Å². The number of ketones is 1. The maximum atomic E-state index is 12.3. The Morgan fingerprint density at radius 2 is 2.23 bits per heavy atom. The minimum atomic E-state index is -0.450. The monoisotopic (exact) mass is 296 g/mol. The molecule has 1 fully saturated rings. The molecule has 0 N–H and O–H groups in total. The number of Topliss-reactive ketones (excluding diaryl/α,β-unsaturated/α-hetero) is 1. The zero-order valence-corrected chi connectivity index (χ0v) is 13.6. The predicted octanol–water partition coefficient (Wildman–Crippen LogP) is 3.43. The highest BCUT2D eigenvalue weighted by Gasteiger charge is 2.47. The molecule has 1 aliphatic heterocycles. The summed E-state index contributed by atoms with van der Waals surface area (Å²) in [5.74, 6) is -0.0163. The number of nitriles is 1. The Kier molecular flexibility index (Phi) is 4.53. The smallest absolute Gasteiger partial charge is 0.178 e. The van der Waals surface area contributed by atoms with Crippen LogP contribution in [0.15, 0.2) is 48.6 Å². The van der Waals surface area contributed by atoms with E-state index in [2.05, 4.69) is 24.1 Å². The van der Waals surface area contributed by atoms with Gasteiger partial charge in [-0.1, -0.05) is 51.3 Å². The molecule has 0 saturated carbocycles. The number of allylic oxidation sites excluding steroid dienone is 3. The summed E-state index contributed by atoms with van der Waals surface area (Å²) < 4.78 is 0. The van der Waals surface area contributed by atoms with Crippen LogP contribution in [0.25, 0.3) is 0 Å². The van der Waals surface area contributed by atoms with Crippen LogP contribution in [-0.2, 0) is 4.79 Å². The fourth-order valence-corrected chi connectivity index (χ4v) is 3.81. The molecule has 1 heterocycles. The van der Waals surface area contributed by atoms with E-state index in [-0.39, 0.29) is 11.2 Å². The fourth-order valence-electron chi connectivity index (χ4n) is 3.81. The van der Waals surface area contributed by atoms with Crippen LogP contribution in [0.5, 0.6) is 0 Å². The van der Waals surface area contributed by atoms with E-state index in [1.54, 1.807) is 6.08 Å². The summed E-state index contributed by atoms with van der Waals surface area (Å²) in [5, 5.41) is 9.27. The second-order valence-corrected chi connectivity index (χ2v) is 7.06. The maximum absolute atomic E-state index is 12.3. The Balaban J connectivity index is 2.21. The van der Waals surface area contributed by atoms with E-state index < -0.39 is 5.41 Å². The first-order valence-corrected chi connectivity index (χ1v) is 7.70. The molecule has 2 rings (SSSR count). The zero-order chi connectivity index (χ0) is 16.4. The largest absolute Gasteiger partial charge is 0.298 e. The highest BCUT2D eigenvalue weighted by atomic mass is 16.1. The average Bonchev–Trinajstić information content (AvgIpc) is 2.84. The van der Waals surface area contributed by atoms with Crippen molar-refractivity contribution in [3.05, 3.63) is 48.6 Å². The third kappa shape index (κ3) is 3.13. The highest BCUT2D eigenvalue weighted by Crippen LogP contribution is 2.47. The van der Waals surface area contributed by atoms with Gasteiger partial charge >= 0.3 is 0 Å². The number of carbonyl (C=O) groups is 1. The summed E-state index contributed by atoms with van der Waals surface area (Å²) in [6, 6.07) is 2.10. The molecule has 0 aromatic carbocycles. The Morgan fingerprint density at radius 1 is 1.50 bits per heavy atom. The first-order chi connectivity index (χ1) is 10.4. The molecule has 1 unspecified atom stereocenters. The molecule has 1 aliphatic carbocycles. The first-order valence-electron chi connectivity index (χ1n) is 7.70. The zero-order valence-electron chi connectivity index (χ0n) is 13.6. The van der Waals surface area contributed by atoms with Gasteiger partial charge in [-0.3, -0.25) is 9.69 Å². The minimum absolute atomic E-state index is 0.0163. The van der Waals surface area contributed by atoms with Gasteiger partial charge in [-0.15, -0.1) is 0 Å². The van der Waals surface area contributed by atoms with E-state index in [0.717, 1.165) is 38.0 Å². The van der Waals surface area contributed by atoms with Gasteiger partial charge in [0.05, 0.1) is 5.57 Å². The lowest BCUT2D eigenvalue weighted by Crippen LogP contribution is -2.40. The molecule has 0 aromatic heterocycles. The van der Waals surface area contributed by atoms with Crippen molar-refractivity contribution in [3.8, 4) is 6.07 Å². The van der Waals surface area contributed by atoms with Crippen LogP contribution in [0.4, 0.5) is 0 Å². The second kappa shape index (κ2) is 6.06. The van der Waals surface area contributed by atoms with Crippen molar-refractivity contribution in [3.63, 3.8) is 0 Å². The quantitative estimate of drug-likeness (QED) is 0.747. The fraction of sp³-hybridized carbons (Fsp3) is 0.474. The summed E-state index contributed by atoms with van der Waals surface area (Å²) in [7, 11) is 0. The van der Waals surface area contributed by atoms with Crippen molar-refractivity contribution in [1.29, 1.82) is 5.26 Å². The predicted molar refractivity (Wildman–Crippen MR) is 89.1 cm³/mol. The Hall–Kier alpha value is -1.92. The standard InChI is InChI=1S/C19H24N2O/c1-5-7-15(6-2)12-21-9-8-19(14-21)10-16(11-20)17(22)18(3,4)13-19/h5-7,10H,1-2,8-9,12-14H2,3-4H3/b15-7+. The van der Waals surface area contributed by atoms with Crippen LogP contribution in [0, 0.1) is 22.2 Å². The summed E-state index contributed by atoms with van der Waals surface area (Å²) in [6.45, 7) is 14.2. The molecule has 1 saturated heterocycles. The van der Waals surface area contributed by atoms with Gasteiger partial charge in [0.25, 0.3) is 0 Å². The van der Waals surface area contributed by atoms with E-state index in [0.29, 0.717) is 5.57 Å². The Morgan fingerprint density at radius 3 is 2.82 bits per heavy atom. The number of nitrogens with zero attached hydrogens (tertiary/aromatic N) is 2. The van der Waals surface area contributed by atoms with Crippen LogP contribution in [-0.4, -0.2) is 30.3 Å². The number of carbonyl (C=O) groups excluding carboxylic acids is 1. The van der Waals surface area contributed by atoms with Gasteiger partial charge in [0.15, 0.2) is 5.78 Å². The van der Waals surface area contributed by atoms with E-state index in [9.17, 15) is 10.1 Å². The van der Waals surface area contributed by atoms with Crippen LogP contribution in [0.2, 0.25) is 0 Å². The topological polar surface area (TPSA) is 44.1 Å². The van der Waals surface area contributed by atoms with Crippen LogP contribution >= 0.6 is 0 Å². The van der Waals surface area contributed by atoms with Crippen molar-refractivity contribution in [2.45, 2.75) is 26.7 Å². The SMILES string of the molecule is C=C/C=C(\C=C)CN1CCC2(C=C(C#N)C(=O)C(C)(C)C2)C1. The van der Waals surface area contributed by atoms with Crippen molar-refractivity contribution in [2.24, 2.45) is 10.8 Å². The third-order valence-corrected chi connectivity index (χ3v) is 4.69. The third-order valence-electron chi connectivity index (χ3n) is 4.69. The number of likely N-dealkylation sites (tertiary alicyclic amines) is 1. The lowest BCUT2D eigenvalue weighted by Gasteiger charge is -2.38. The molecule has 0 radical (unpaired) electrons. The normalized spacial score (nSPS) is 28.3. The van der Waals surface area contributed by atoms with Gasteiger partial charge in [0.2, 0.25) is 0 Å². The first kappa shape index (κ1) is 16.5. The summed E-state index contributed by atoms with van der Waals surface area (Å²) in [6.07, 6.45) is 9.35. The molecule has 116 valence electrons. The molecular formula is C19H24N2O. The van der Waals surface area contributed by atoms with Crippen LogP contribution < -0.4 is 0 Å². The summed E-state index contributed by atoms with van der Waals surface area (Å²) in [4.78, 5) is 14.6. The van der Waals surface area contributed by atoms with E-state index in [4.69, 9.17) is 0 Å². The van der Waals surface area contributed by atoms with Crippen LogP contribution in [0.1, 0.15) is 26.7 Å². The molecule has 0 aromatic rings. The Labute approximate surface area is 133 Å². The molecule has 22 heavy (non-hydrogen) atoms.